The summed E-state index contributed by atoms with van der Waals surface area (Å²) in [4.78, 5) is 15.3. The van der Waals surface area contributed by atoms with Crippen LogP contribution in [0.2, 0.25) is 0 Å². The molecule has 0 aliphatic rings. The summed E-state index contributed by atoms with van der Waals surface area (Å²) in [5.74, 6) is 5.28. The number of nitrogen functional groups attached to an aromatic ring is 1. The molecule has 20 heavy (non-hydrogen) atoms. The van der Waals surface area contributed by atoms with Gasteiger partial charge in [-0.2, -0.15) is 5.26 Å². The molecule has 1 aromatic carbocycles. The lowest BCUT2D eigenvalue weighted by atomic mass is 10.2. The van der Waals surface area contributed by atoms with Crippen molar-refractivity contribution in [2.75, 3.05) is 0 Å². The molecule has 0 bridgehead atoms. The Labute approximate surface area is 115 Å². The zero-order chi connectivity index (χ0) is 14.4. The van der Waals surface area contributed by atoms with Crippen LogP contribution in [-0.4, -0.2) is 10.9 Å². The third kappa shape index (κ3) is 3.31. The number of nitrogens with two attached hydrogens (primary N) is 1. The number of carbonyl (C=O) groups is 1. The summed E-state index contributed by atoms with van der Waals surface area (Å²) < 4.78 is 5.52. The summed E-state index contributed by atoms with van der Waals surface area (Å²) >= 11 is 0. The highest BCUT2D eigenvalue weighted by molar-refractivity contribution is 5.93. The number of ether oxygens (including phenoxy) is 1. The maximum atomic E-state index is 11.2. The molecule has 6 nitrogen and oxygen atoms in total. The summed E-state index contributed by atoms with van der Waals surface area (Å²) in [5, 5.41) is 8.69. The number of nitrogens with zero attached hydrogens (tertiary/aromatic N) is 2. The molecule has 0 aliphatic carbocycles. The van der Waals surface area contributed by atoms with Crippen molar-refractivity contribution in [1.82, 2.24) is 10.4 Å². The van der Waals surface area contributed by atoms with E-state index in [2.05, 4.69) is 4.98 Å². The topological polar surface area (TPSA) is 101 Å². The summed E-state index contributed by atoms with van der Waals surface area (Å²) in [6.07, 6.45) is 1.43. The third-order valence-electron chi connectivity index (χ3n) is 2.59. The van der Waals surface area contributed by atoms with Crippen molar-refractivity contribution >= 4 is 5.91 Å². The van der Waals surface area contributed by atoms with E-state index in [9.17, 15) is 4.79 Å². The molecule has 0 radical (unpaired) electrons. The van der Waals surface area contributed by atoms with Gasteiger partial charge in [-0.3, -0.25) is 15.2 Å². The Kier molecular flexibility index (Phi) is 4.27. The SMILES string of the molecule is N#Cc1ccc(OCc2ccc(C(=O)NN)cn2)cc1. The Morgan fingerprint density at radius 3 is 2.60 bits per heavy atom. The summed E-state index contributed by atoms with van der Waals surface area (Å²) in [6.45, 7) is 0.274. The van der Waals surface area contributed by atoms with E-state index in [-0.39, 0.29) is 6.61 Å². The van der Waals surface area contributed by atoms with Gasteiger partial charge >= 0.3 is 0 Å². The number of nitriles is 1. The predicted octanol–water partition coefficient (Wildman–Crippen LogP) is 1.14. The van der Waals surface area contributed by atoms with E-state index in [1.165, 1.54) is 6.20 Å². The van der Waals surface area contributed by atoms with Crippen molar-refractivity contribution in [3.8, 4) is 11.8 Å². The Morgan fingerprint density at radius 2 is 2.05 bits per heavy atom. The van der Waals surface area contributed by atoms with Gasteiger partial charge in [-0.1, -0.05) is 0 Å². The van der Waals surface area contributed by atoms with E-state index >= 15 is 0 Å². The maximum absolute atomic E-state index is 11.2. The Morgan fingerprint density at radius 1 is 1.30 bits per heavy atom. The highest BCUT2D eigenvalue weighted by Crippen LogP contribution is 2.13. The fourth-order valence-electron chi connectivity index (χ4n) is 1.51. The van der Waals surface area contributed by atoms with Crippen molar-refractivity contribution in [2.45, 2.75) is 6.61 Å². The first-order valence-electron chi connectivity index (χ1n) is 5.82. The summed E-state index contributed by atoms with van der Waals surface area (Å²) in [6, 6.07) is 12.1. The van der Waals surface area contributed by atoms with Crippen molar-refractivity contribution in [2.24, 2.45) is 5.84 Å². The van der Waals surface area contributed by atoms with Gasteiger partial charge in [-0.25, -0.2) is 5.84 Å². The molecule has 100 valence electrons. The molecule has 1 aromatic heterocycles. The number of hydrogen-bond donors (Lipinski definition) is 2. The number of rotatable bonds is 4. The van der Waals surface area contributed by atoms with Gasteiger partial charge in [0.2, 0.25) is 0 Å². The molecule has 0 aliphatic heterocycles. The van der Waals surface area contributed by atoms with Crippen molar-refractivity contribution in [3.63, 3.8) is 0 Å². The molecular formula is C14H12N4O2. The lowest BCUT2D eigenvalue weighted by Gasteiger charge is -2.06. The van der Waals surface area contributed by atoms with Gasteiger partial charge in [-0.15, -0.1) is 0 Å². The standard InChI is InChI=1S/C14H12N4O2/c15-7-10-1-5-13(6-2-10)20-9-12-4-3-11(8-17-12)14(19)18-16/h1-6,8H,9,16H2,(H,18,19). The second kappa shape index (κ2) is 6.31. The molecule has 0 fully saturated rings. The number of benzene rings is 1. The minimum atomic E-state index is -0.392. The van der Waals surface area contributed by atoms with Gasteiger partial charge in [-0.05, 0) is 36.4 Å². The highest BCUT2D eigenvalue weighted by atomic mass is 16.5. The minimum absolute atomic E-state index is 0.274. The largest absolute Gasteiger partial charge is 0.487 e. The maximum Gasteiger partial charge on any atom is 0.266 e. The Hall–Kier alpha value is -2.91. The molecule has 0 spiro atoms. The van der Waals surface area contributed by atoms with Gasteiger partial charge < -0.3 is 4.74 Å². The predicted molar refractivity (Wildman–Crippen MR) is 71.4 cm³/mol. The first kappa shape index (κ1) is 13.5. The lowest BCUT2D eigenvalue weighted by Crippen LogP contribution is -2.30. The molecule has 2 aromatic rings. The average molecular weight is 268 g/mol. The first-order chi connectivity index (χ1) is 9.72. The monoisotopic (exact) mass is 268 g/mol. The van der Waals surface area contributed by atoms with Crippen LogP contribution in [0.5, 0.6) is 5.75 Å². The number of aromatic nitrogens is 1. The van der Waals surface area contributed by atoms with Gasteiger partial charge in [0.1, 0.15) is 12.4 Å². The summed E-state index contributed by atoms with van der Waals surface area (Å²) in [7, 11) is 0. The van der Waals surface area contributed by atoms with Crippen LogP contribution < -0.4 is 16.0 Å². The zero-order valence-electron chi connectivity index (χ0n) is 10.5. The van der Waals surface area contributed by atoms with E-state index in [1.807, 2.05) is 11.5 Å². The molecule has 0 unspecified atom stereocenters. The molecule has 2 rings (SSSR count). The number of hydrogen-bond acceptors (Lipinski definition) is 5. The Bertz CT molecular complexity index is 630. The van der Waals surface area contributed by atoms with Crippen molar-refractivity contribution in [3.05, 3.63) is 59.4 Å². The van der Waals surface area contributed by atoms with Gasteiger partial charge in [0.15, 0.2) is 0 Å². The van der Waals surface area contributed by atoms with Crippen LogP contribution in [-0.2, 0) is 6.61 Å². The molecule has 0 saturated heterocycles. The van der Waals surface area contributed by atoms with Crippen LogP contribution >= 0.6 is 0 Å². The van der Waals surface area contributed by atoms with E-state index in [0.717, 1.165) is 0 Å². The van der Waals surface area contributed by atoms with Gasteiger partial charge in [0, 0.05) is 6.20 Å². The fourth-order valence-corrected chi connectivity index (χ4v) is 1.51. The van der Waals surface area contributed by atoms with Crippen LogP contribution in [0.25, 0.3) is 0 Å². The van der Waals surface area contributed by atoms with Crippen LogP contribution in [0.4, 0.5) is 0 Å². The Balaban J connectivity index is 1.96. The molecular weight excluding hydrogens is 256 g/mol. The number of amides is 1. The highest BCUT2D eigenvalue weighted by Gasteiger charge is 2.04. The molecule has 1 amide bonds. The zero-order valence-corrected chi connectivity index (χ0v) is 10.5. The first-order valence-corrected chi connectivity index (χ1v) is 5.82. The van der Waals surface area contributed by atoms with Crippen LogP contribution in [0, 0.1) is 11.3 Å². The molecule has 0 saturated carbocycles. The summed E-state index contributed by atoms with van der Waals surface area (Å²) in [5.41, 5.74) is 3.68. The average Bonchev–Trinajstić information content (AvgIpc) is 2.53. The minimum Gasteiger partial charge on any atom is -0.487 e. The lowest BCUT2D eigenvalue weighted by molar-refractivity contribution is 0.0953. The second-order valence-electron chi connectivity index (χ2n) is 3.94. The van der Waals surface area contributed by atoms with Crippen LogP contribution in [0.1, 0.15) is 21.6 Å². The van der Waals surface area contributed by atoms with Crippen LogP contribution in [0.15, 0.2) is 42.6 Å². The molecule has 1 heterocycles. The molecule has 0 atom stereocenters. The normalized spacial score (nSPS) is 9.60. The van der Waals surface area contributed by atoms with E-state index in [0.29, 0.717) is 22.6 Å². The number of hydrazine groups is 1. The third-order valence-corrected chi connectivity index (χ3v) is 2.59. The number of carbonyl (C=O) groups excluding carboxylic acids is 1. The number of pyridine rings is 1. The molecule has 3 N–H and O–H groups in total. The smallest absolute Gasteiger partial charge is 0.266 e. The fraction of sp³-hybridized carbons (Fsp3) is 0.0714. The molecule has 6 heteroatoms. The van der Waals surface area contributed by atoms with Crippen molar-refractivity contribution in [1.29, 1.82) is 5.26 Å². The van der Waals surface area contributed by atoms with E-state index < -0.39 is 5.91 Å². The quantitative estimate of drug-likeness (QED) is 0.492. The van der Waals surface area contributed by atoms with Crippen LogP contribution in [0.3, 0.4) is 0 Å². The second-order valence-corrected chi connectivity index (χ2v) is 3.94. The van der Waals surface area contributed by atoms with Crippen molar-refractivity contribution < 1.29 is 9.53 Å². The van der Waals surface area contributed by atoms with E-state index in [4.69, 9.17) is 15.8 Å². The van der Waals surface area contributed by atoms with Gasteiger partial charge in [0.05, 0.1) is 22.9 Å². The van der Waals surface area contributed by atoms with E-state index in [1.54, 1.807) is 36.4 Å². The van der Waals surface area contributed by atoms with Gasteiger partial charge in [0.25, 0.3) is 5.91 Å². The number of nitrogens with one attached hydrogen (secondary N) is 1.